The molecule has 6 fully saturated rings. The number of amides is 6. The van der Waals surface area contributed by atoms with Gasteiger partial charge in [-0.25, -0.2) is 9.78 Å². The zero-order valence-corrected chi connectivity index (χ0v) is 41.3. The van der Waals surface area contributed by atoms with Crippen molar-refractivity contribution in [1.29, 1.82) is 0 Å². The van der Waals surface area contributed by atoms with E-state index in [1.165, 1.54) is 53.9 Å². The monoisotopic (exact) mass is 993 g/mol. The second kappa shape index (κ2) is 22.3. The first-order chi connectivity index (χ1) is 34.1. The van der Waals surface area contributed by atoms with Gasteiger partial charge in [-0.3, -0.25) is 33.6 Å². The summed E-state index contributed by atoms with van der Waals surface area (Å²) in [6.45, 7) is 5.84. The molecule has 0 aliphatic carbocycles. The van der Waals surface area contributed by atoms with Crippen LogP contribution >= 0.6 is 11.8 Å². The molecule has 6 aliphatic heterocycles. The fraction of sp³-hybridized carbons (Fsp3) is 0.510. The average molecular weight is 994 g/mol. The minimum absolute atomic E-state index is 0.0240. The number of likely N-dealkylation sites (N-methyl/N-ethyl adjacent to an activating group) is 1. The largest absolute Gasteiger partial charge is 0.505 e. The number of aromatic nitrogens is 1. The summed E-state index contributed by atoms with van der Waals surface area (Å²) in [6, 6.07) is 9.97. The lowest BCUT2D eigenvalue weighted by atomic mass is 9.88. The summed E-state index contributed by atoms with van der Waals surface area (Å²) in [6.07, 6.45) is 2.32. The maximum atomic E-state index is 15.6. The van der Waals surface area contributed by atoms with E-state index in [0.717, 1.165) is 38.2 Å². The second-order valence-corrected chi connectivity index (χ2v) is 20.5. The maximum absolute atomic E-state index is 15.6. The van der Waals surface area contributed by atoms with E-state index in [2.05, 4.69) is 31.2 Å². The number of Topliss-reactive ketones (excluding diaryl/α,β-unsaturated/α-hetero) is 1. The number of fused-ring (bicyclic) bond motifs is 5. The predicted molar refractivity (Wildman–Crippen MR) is 263 cm³/mol. The minimum Gasteiger partial charge on any atom is -0.505 e. The zero-order valence-electron chi connectivity index (χ0n) is 40.5. The van der Waals surface area contributed by atoms with Gasteiger partial charge in [-0.1, -0.05) is 42.5 Å². The van der Waals surface area contributed by atoms with Crippen molar-refractivity contribution >= 4 is 64.6 Å². The standard InChI is InChI=1S/C51H63N9O10S/c1-29-48(66)59-21-9-12-36(59)49(67)57(4)38(24-31-14-16-35(52-3)17-15-31)50(68)60-26-34(28-71-41-27-58-22-18-32(41)19-23-58)40(62)25-37(60)45(63)56-43(33-10-6-5-7-11-33)51(69)70-30(2)42(46(64)54-29)55-47(65)44-39(61)13-8-20-53-44/h5-8,10-11,13-17,20,29-30,32,34,36-38,41-43,52,61H,9,12,18-19,21-28H2,1-4H3,(H,54,64)(H,55,65)(H,56,63)/t29-,30-,34+,36+,37+,38+,41+,42+,43+/m1/s1. The van der Waals surface area contributed by atoms with Crippen molar-refractivity contribution in [2.24, 2.45) is 11.8 Å². The maximum Gasteiger partial charge on any atom is 0.333 e. The molecular weight excluding hydrogens is 931 g/mol. The number of piperidine rings is 4. The summed E-state index contributed by atoms with van der Waals surface area (Å²) in [5.74, 6) is -5.92. The number of hydrogen-bond acceptors (Lipinski definition) is 14. The molecule has 6 amide bonds. The molecule has 1 aromatic heterocycles. The van der Waals surface area contributed by atoms with Gasteiger partial charge in [-0.05, 0) is 93.9 Å². The lowest BCUT2D eigenvalue weighted by Gasteiger charge is -2.45. The van der Waals surface area contributed by atoms with Crippen LogP contribution in [0.4, 0.5) is 5.69 Å². The Morgan fingerprint density at radius 3 is 2.24 bits per heavy atom. The third kappa shape index (κ3) is 11.3. The number of esters is 1. The quantitative estimate of drug-likeness (QED) is 0.193. The number of thioether (sulfide) groups is 1. The van der Waals surface area contributed by atoms with Crippen molar-refractivity contribution in [3.63, 3.8) is 0 Å². The van der Waals surface area contributed by atoms with Crippen molar-refractivity contribution in [2.45, 2.75) is 100.0 Å². The van der Waals surface area contributed by atoms with Crippen molar-refractivity contribution in [2.75, 3.05) is 57.9 Å². The molecule has 19 nitrogen and oxygen atoms in total. The molecule has 0 radical (unpaired) electrons. The fourth-order valence-corrected chi connectivity index (χ4v) is 12.1. The topological polar surface area (TPSA) is 240 Å². The van der Waals surface area contributed by atoms with E-state index >= 15 is 4.79 Å². The molecule has 0 spiro atoms. The number of hydrogen-bond donors (Lipinski definition) is 5. The molecule has 9 rings (SSSR count). The number of pyridine rings is 1. The van der Waals surface area contributed by atoms with Gasteiger partial charge in [0.05, 0.1) is 0 Å². The van der Waals surface area contributed by atoms with Crippen LogP contribution in [0.1, 0.15) is 73.6 Å². The van der Waals surface area contributed by atoms with Gasteiger partial charge in [0.2, 0.25) is 29.5 Å². The summed E-state index contributed by atoms with van der Waals surface area (Å²) < 4.78 is 5.93. The highest BCUT2D eigenvalue weighted by Gasteiger charge is 2.48. The number of anilines is 1. The molecule has 7 heterocycles. The van der Waals surface area contributed by atoms with Gasteiger partial charge in [0.1, 0.15) is 47.8 Å². The van der Waals surface area contributed by atoms with Crippen molar-refractivity contribution in [1.82, 2.24) is 40.5 Å². The Hall–Kier alpha value is -6.54. The van der Waals surface area contributed by atoms with Crippen LogP contribution in [0.25, 0.3) is 0 Å². The van der Waals surface area contributed by atoms with Gasteiger partial charge in [0.25, 0.3) is 5.91 Å². The molecule has 6 aliphatic rings. The molecule has 378 valence electrons. The number of aromatic hydroxyl groups is 1. The van der Waals surface area contributed by atoms with Crippen LogP contribution in [0, 0.1) is 11.8 Å². The number of ketones is 1. The van der Waals surface area contributed by atoms with E-state index in [1.807, 2.05) is 24.3 Å². The van der Waals surface area contributed by atoms with Crippen LogP contribution in [-0.4, -0.2) is 171 Å². The number of cyclic esters (lactones) is 1. The highest BCUT2D eigenvalue weighted by atomic mass is 32.2. The van der Waals surface area contributed by atoms with Gasteiger partial charge in [0.15, 0.2) is 11.7 Å². The molecule has 0 unspecified atom stereocenters. The van der Waals surface area contributed by atoms with Gasteiger partial charge in [0, 0.05) is 75.4 Å². The average Bonchev–Trinajstić information content (AvgIpc) is 3.88. The van der Waals surface area contributed by atoms with Crippen molar-refractivity contribution in [3.8, 4) is 5.75 Å². The Bertz CT molecular complexity index is 2490. The molecule has 9 atom stereocenters. The summed E-state index contributed by atoms with van der Waals surface area (Å²) in [4.78, 5) is 127. The number of ether oxygens (including phenoxy) is 1. The molecular formula is C51H63N9O10S. The Labute approximate surface area is 417 Å². The Balaban J connectivity index is 1.18. The second-order valence-electron chi connectivity index (χ2n) is 19.2. The van der Waals surface area contributed by atoms with Crippen LogP contribution in [0.2, 0.25) is 0 Å². The lowest BCUT2D eigenvalue weighted by Crippen LogP contribution is -2.63. The number of nitrogens with zero attached hydrogens (tertiary/aromatic N) is 5. The van der Waals surface area contributed by atoms with Gasteiger partial charge >= 0.3 is 5.97 Å². The summed E-state index contributed by atoms with van der Waals surface area (Å²) in [5.41, 5.74) is 1.38. The number of rotatable bonds is 9. The number of benzene rings is 2. The fourth-order valence-electron chi connectivity index (χ4n) is 10.5. The normalized spacial score (nSPS) is 30.0. The van der Waals surface area contributed by atoms with Crippen LogP contribution in [0.3, 0.4) is 0 Å². The Morgan fingerprint density at radius 1 is 0.831 bits per heavy atom. The summed E-state index contributed by atoms with van der Waals surface area (Å²) >= 11 is 1.73. The van der Waals surface area contributed by atoms with E-state index in [0.29, 0.717) is 28.9 Å². The van der Waals surface area contributed by atoms with Crippen molar-refractivity contribution in [3.05, 3.63) is 89.7 Å². The molecule has 3 aromatic rings. The zero-order chi connectivity index (χ0) is 50.5. The molecule has 5 N–H and O–H groups in total. The van der Waals surface area contributed by atoms with Gasteiger partial charge in [-0.2, -0.15) is 11.8 Å². The first-order valence-electron chi connectivity index (χ1n) is 24.4. The molecule has 2 bridgehead atoms. The number of nitrogens with one attached hydrogen (secondary N) is 4. The number of carbonyl (C=O) groups is 8. The van der Waals surface area contributed by atoms with E-state index in [-0.39, 0.29) is 43.7 Å². The Kier molecular flexibility index (Phi) is 15.9. The predicted octanol–water partition coefficient (Wildman–Crippen LogP) is 1.91. The van der Waals surface area contributed by atoms with Gasteiger partial charge in [-0.15, -0.1) is 0 Å². The third-order valence-corrected chi connectivity index (χ3v) is 16.2. The van der Waals surface area contributed by atoms with E-state index in [9.17, 15) is 38.7 Å². The van der Waals surface area contributed by atoms with Gasteiger partial charge < -0.3 is 50.7 Å². The molecule has 6 saturated heterocycles. The summed E-state index contributed by atoms with van der Waals surface area (Å²) in [7, 11) is 3.28. The van der Waals surface area contributed by atoms with Crippen LogP contribution in [-0.2, 0) is 44.7 Å². The van der Waals surface area contributed by atoms with E-state index in [4.69, 9.17) is 4.74 Å². The molecule has 71 heavy (non-hydrogen) atoms. The van der Waals surface area contributed by atoms with Crippen LogP contribution in [0.5, 0.6) is 5.75 Å². The Morgan fingerprint density at radius 2 is 1.56 bits per heavy atom. The molecule has 20 heteroatoms. The minimum atomic E-state index is -1.69. The van der Waals surface area contributed by atoms with E-state index in [1.54, 1.807) is 49.1 Å². The molecule has 2 aromatic carbocycles. The number of carbonyl (C=O) groups excluding carboxylic acids is 8. The first kappa shape index (κ1) is 50.8. The summed E-state index contributed by atoms with van der Waals surface area (Å²) in [5, 5.41) is 21.8. The first-order valence-corrected chi connectivity index (χ1v) is 25.5. The molecule has 0 saturated carbocycles. The van der Waals surface area contributed by atoms with Crippen LogP contribution in [0.15, 0.2) is 72.9 Å². The smallest absolute Gasteiger partial charge is 0.333 e. The highest BCUT2D eigenvalue weighted by Crippen LogP contribution is 2.37. The lowest BCUT2D eigenvalue weighted by molar-refractivity contribution is -0.157. The van der Waals surface area contributed by atoms with E-state index < -0.39 is 101 Å². The SMILES string of the molecule is CNc1ccc(C[C@H]2C(=O)N3C[C@@H](CS[C@H]4CN5CCC4CC5)C(=O)C[C@H]3C(=O)N[C@@H](c3ccccc3)C(=O)O[C@H](C)[C@H](NC(=O)c3ncccc3O)C(=O)N[C@H](C)C(=O)N3CCC[C@H]3C(=O)N2C)cc1. The highest BCUT2D eigenvalue weighted by molar-refractivity contribution is 8.00. The van der Waals surface area contributed by atoms with Crippen molar-refractivity contribution < 1.29 is 48.2 Å². The van der Waals surface area contributed by atoms with Crippen LogP contribution < -0.4 is 21.3 Å². The third-order valence-electron chi connectivity index (χ3n) is 14.7.